The second-order valence-electron chi connectivity index (χ2n) is 6.35. The summed E-state index contributed by atoms with van der Waals surface area (Å²) in [4.78, 5) is 2.49. The summed E-state index contributed by atoms with van der Waals surface area (Å²) < 4.78 is 5.61. The molecule has 0 aromatic heterocycles. The van der Waals surface area contributed by atoms with E-state index in [0.717, 1.165) is 11.4 Å². The number of hydrogen-bond donors (Lipinski definition) is 1. The molecule has 2 aliphatic rings. The van der Waals surface area contributed by atoms with Gasteiger partial charge >= 0.3 is 0 Å². The van der Waals surface area contributed by atoms with Crippen molar-refractivity contribution in [1.82, 2.24) is 0 Å². The fraction of sp³-hybridized carbons (Fsp3) is 0.647. The van der Waals surface area contributed by atoms with Gasteiger partial charge in [-0.3, -0.25) is 0 Å². The summed E-state index contributed by atoms with van der Waals surface area (Å²) in [5.74, 6) is 0.825. The number of hydrogen-bond acceptors (Lipinski definition) is 3. The van der Waals surface area contributed by atoms with Gasteiger partial charge < -0.3 is 15.4 Å². The summed E-state index contributed by atoms with van der Waals surface area (Å²) >= 11 is 0. The van der Waals surface area contributed by atoms with Crippen LogP contribution in [0, 0.1) is 5.41 Å². The van der Waals surface area contributed by atoms with Crippen LogP contribution in [-0.4, -0.2) is 19.7 Å². The summed E-state index contributed by atoms with van der Waals surface area (Å²) in [6, 6.07) is 6.20. The van der Waals surface area contributed by atoms with E-state index in [0.29, 0.717) is 12.0 Å². The van der Waals surface area contributed by atoms with Crippen molar-refractivity contribution < 1.29 is 4.74 Å². The average molecular weight is 274 g/mol. The summed E-state index contributed by atoms with van der Waals surface area (Å²) in [6.07, 6.45) is 8.48. The summed E-state index contributed by atoms with van der Waals surface area (Å²) in [6.45, 7) is 5.01. The molecular weight excluding hydrogens is 248 g/mol. The van der Waals surface area contributed by atoms with Crippen LogP contribution >= 0.6 is 0 Å². The maximum absolute atomic E-state index is 5.96. The van der Waals surface area contributed by atoms with E-state index in [2.05, 4.69) is 17.0 Å². The zero-order valence-corrected chi connectivity index (χ0v) is 12.5. The smallest absolute Gasteiger partial charge is 0.144 e. The summed E-state index contributed by atoms with van der Waals surface area (Å²) in [7, 11) is 0. The predicted octanol–water partition coefficient (Wildman–Crippen LogP) is 3.83. The van der Waals surface area contributed by atoms with E-state index in [-0.39, 0.29) is 0 Å². The third-order valence-corrected chi connectivity index (χ3v) is 5.15. The summed E-state index contributed by atoms with van der Waals surface area (Å²) in [5.41, 5.74) is 8.63. The van der Waals surface area contributed by atoms with Crippen LogP contribution in [0.15, 0.2) is 18.2 Å². The summed E-state index contributed by atoms with van der Waals surface area (Å²) in [5, 5.41) is 0. The van der Waals surface area contributed by atoms with Gasteiger partial charge in [-0.15, -0.1) is 0 Å². The lowest BCUT2D eigenvalue weighted by atomic mass is 9.77. The van der Waals surface area contributed by atoms with E-state index < -0.39 is 0 Å². The van der Waals surface area contributed by atoms with Gasteiger partial charge in [-0.25, -0.2) is 0 Å². The van der Waals surface area contributed by atoms with Crippen LogP contribution in [0.4, 0.5) is 11.4 Å². The lowest BCUT2D eigenvalue weighted by Crippen LogP contribution is -2.38. The van der Waals surface area contributed by atoms with Crippen LogP contribution in [0.2, 0.25) is 0 Å². The Hall–Kier alpha value is -1.38. The SMILES string of the molecule is CCOc1cc(N2CCC3(CCCC3)CC2)ccc1N. The van der Waals surface area contributed by atoms with E-state index in [1.54, 1.807) is 0 Å². The molecule has 1 aliphatic heterocycles. The third kappa shape index (κ3) is 2.58. The molecule has 1 saturated carbocycles. The van der Waals surface area contributed by atoms with Crippen LogP contribution in [0.25, 0.3) is 0 Å². The van der Waals surface area contributed by atoms with Crippen LogP contribution in [0.1, 0.15) is 45.4 Å². The molecule has 1 aromatic rings. The van der Waals surface area contributed by atoms with Gasteiger partial charge in [-0.05, 0) is 50.2 Å². The maximum atomic E-state index is 5.96. The van der Waals surface area contributed by atoms with Crippen LogP contribution in [0.5, 0.6) is 5.75 Å². The lowest BCUT2D eigenvalue weighted by Gasteiger charge is -2.40. The second kappa shape index (κ2) is 5.55. The number of ether oxygens (including phenoxy) is 1. The molecular formula is C17H26N2O. The number of nitrogen functional groups attached to an aromatic ring is 1. The van der Waals surface area contributed by atoms with Crippen molar-refractivity contribution in [2.45, 2.75) is 45.4 Å². The Morgan fingerprint density at radius 2 is 1.85 bits per heavy atom. The molecule has 0 amide bonds. The number of nitrogens with two attached hydrogens (primary N) is 1. The van der Waals surface area contributed by atoms with Gasteiger partial charge in [0, 0.05) is 24.8 Å². The van der Waals surface area contributed by atoms with Gasteiger partial charge in [-0.2, -0.15) is 0 Å². The van der Waals surface area contributed by atoms with Crippen molar-refractivity contribution in [3.8, 4) is 5.75 Å². The van der Waals surface area contributed by atoms with Crippen molar-refractivity contribution >= 4 is 11.4 Å². The standard InChI is InChI=1S/C17H26N2O/c1-2-20-16-13-14(5-6-15(16)18)19-11-9-17(10-12-19)7-3-4-8-17/h5-6,13H,2-4,7-12,18H2,1H3. The molecule has 20 heavy (non-hydrogen) atoms. The fourth-order valence-electron chi connectivity index (χ4n) is 3.86. The fourth-order valence-corrected chi connectivity index (χ4v) is 3.86. The average Bonchev–Trinajstić information content (AvgIpc) is 2.91. The second-order valence-corrected chi connectivity index (χ2v) is 6.35. The highest BCUT2D eigenvalue weighted by molar-refractivity contribution is 5.62. The zero-order chi connectivity index (χ0) is 14.0. The van der Waals surface area contributed by atoms with Crippen molar-refractivity contribution in [1.29, 1.82) is 0 Å². The Labute approximate surface area is 122 Å². The van der Waals surface area contributed by atoms with Crippen LogP contribution in [0.3, 0.4) is 0 Å². The number of benzene rings is 1. The number of piperidine rings is 1. The first kappa shape index (κ1) is 13.6. The van der Waals surface area contributed by atoms with Crippen molar-refractivity contribution in [2.75, 3.05) is 30.3 Å². The van der Waals surface area contributed by atoms with Gasteiger partial charge in [-0.1, -0.05) is 12.8 Å². The molecule has 3 rings (SSSR count). The Balaban J connectivity index is 1.69. The Morgan fingerprint density at radius 1 is 1.15 bits per heavy atom. The molecule has 0 unspecified atom stereocenters. The topological polar surface area (TPSA) is 38.5 Å². The van der Waals surface area contributed by atoms with Crippen molar-refractivity contribution in [3.63, 3.8) is 0 Å². The predicted molar refractivity (Wildman–Crippen MR) is 84.4 cm³/mol. The van der Waals surface area contributed by atoms with Gasteiger partial charge in [0.25, 0.3) is 0 Å². The molecule has 1 saturated heterocycles. The number of anilines is 2. The highest BCUT2D eigenvalue weighted by atomic mass is 16.5. The molecule has 2 N–H and O–H groups in total. The molecule has 0 bridgehead atoms. The molecule has 1 aliphatic carbocycles. The van der Waals surface area contributed by atoms with E-state index in [9.17, 15) is 0 Å². The van der Waals surface area contributed by atoms with Gasteiger partial charge in [0.05, 0.1) is 12.3 Å². The minimum Gasteiger partial charge on any atom is -0.492 e. The lowest BCUT2D eigenvalue weighted by molar-refractivity contribution is 0.226. The monoisotopic (exact) mass is 274 g/mol. The molecule has 3 heteroatoms. The normalized spacial score (nSPS) is 21.4. The van der Waals surface area contributed by atoms with Gasteiger partial charge in [0.2, 0.25) is 0 Å². The Kier molecular flexibility index (Phi) is 3.77. The highest BCUT2D eigenvalue weighted by Crippen LogP contribution is 2.46. The molecule has 0 atom stereocenters. The first-order chi connectivity index (χ1) is 9.72. The van der Waals surface area contributed by atoms with E-state index in [1.807, 2.05) is 13.0 Å². The molecule has 1 aromatic carbocycles. The molecule has 0 radical (unpaired) electrons. The number of rotatable bonds is 3. The molecule has 2 fully saturated rings. The van der Waals surface area contributed by atoms with E-state index in [4.69, 9.17) is 10.5 Å². The van der Waals surface area contributed by atoms with Crippen LogP contribution < -0.4 is 15.4 Å². The molecule has 3 nitrogen and oxygen atoms in total. The van der Waals surface area contributed by atoms with E-state index >= 15 is 0 Å². The Morgan fingerprint density at radius 3 is 2.50 bits per heavy atom. The largest absolute Gasteiger partial charge is 0.492 e. The van der Waals surface area contributed by atoms with Crippen molar-refractivity contribution in [3.05, 3.63) is 18.2 Å². The molecule has 110 valence electrons. The highest BCUT2D eigenvalue weighted by Gasteiger charge is 2.36. The van der Waals surface area contributed by atoms with Gasteiger partial charge in [0.15, 0.2) is 0 Å². The minimum absolute atomic E-state index is 0.663. The maximum Gasteiger partial charge on any atom is 0.144 e. The minimum atomic E-state index is 0.663. The quantitative estimate of drug-likeness (QED) is 0.851. The van der Waals surface area contributed by atoms with Gasteiger partial charge in [0.1, 0.15) is 5.75 Å². The Bertz CT molecular complexity index is 456. The van der Waals surface area contributed by atoms with E-state index in [1.165, 1.54) is 57.3 Å². The number of nitrogens with zero attached hydrogens (tertiary/aromatic N) is 1. The first-order valence-corrected chi connectivity index (χ1v) is 8.00. The zero-order valence-electron chi connectivity index (χ0n) is 12.5. The van der Waals surface area contributed by atoms with Crippen molar-refractivity contribution in [2.24, 2.45) is 5.41 Å². The van der Waals surface area contributed by atoms with Crippen LogP contribution in [-0.2, 0) is 0 Å². The third-order valence-electron chi connectivity index (χ3n) is 5.15. The first-order valence-electron chi connectivity index (χ1n) is 8.00. The molecule has 1 spiro atoms. The molecule has 1 heterocycles.